The minimum Gasteiger partial charge on any atom is -0.207 e. The average Bonchev–Trinajstić information content (AvgIpc) is 2.08. The third kappa shape index (κ3) is 3.77. The summed E-state index contributed by atoms with van der Waals surface area (Å²) >= 11 is 5.79. The summed E-state index contributed by atoms with van der Waals surface area (Å²) in [6, 6.07) is 6.90. The Kier molecular flexibility index (Phi) is 4.23. The van der Waals surface area contributed by atoms with Crippen LogP contribution in [-0.2, 0) is 6.42 Å². The van der Waals surface area contributed by atoms with Gasteiger partial charge in [0.05, 0.1) is 0 Å². The topological polar surface area (TPSA) is 0 Å². The number of halogens is 2. The molecule has 1 unspecified atom stereocenters. The Labute approximate surface area is 83.7 Å². The summed E-state index contributed by atoms with van der Waals surface area (Å²) in [5, 5.41) is 0.187. The van der Waals surface area contributed by atoms with Gasteiger partial charge >= 0.3 is 0 Å². The lowest BCUT2D eigenvalue weighted by Crippen LogP contribution is -1.95. The molecule has 0 saturated heterocycles. The first kappa shape index (κ1) is 10.5. The van der Waals surface area contributed by atoms with Gasteiger partial charge in [0.2, 0.25) is 0 Å². The molecule has 0 bridgehead atoms. The van der Waals surface area contributed by atoms with Crippen LogP contribution >= 0.6 is 11.6 Å². The lowest BCUT2D eigenvalue weighted by molar-refractivity contribution is 0.599. The molecular weight excluding hydrogens is 187 g/mol. The molecule has 0 aromatic heterocycles. The third-order valence-electron chi connectivity index (χ3n) is 2.01. The Morgan fingerprint density at radius 2 is 2.08 bits per heavy atom. The fraction of sp³-hybridized carbons (Fsp3) is 0.455. The molecule has 72 valence electrons. The fourth-order valence-corrected chi connectivity index (χ4v) is 1.43. The smallest absolute Gasteiger partial charge is 0.126 e. The SMILES string of the molecule is CC(Cl)CCCc1ccccc1F. The summed E-state index contributed by atoms with van der Waals surface area (Å²) in [5.74, 6) is -0.107. The van der Waals surface area contributed by atoms with Gasteiger partial charge in [-0.15, -0.1) is 11.6 Å². The number of hydrogen-bond donors (Lipinski definition) is 0. The quantitative estimate of drug-likeness (QED) is 0.649. The van der Waals surface area contributed by atoms with Crippen molar-refractivity contribution in [2.75, 3.05) is 0 Å². The average molecular weight is 201 g/mol. The largest absolute Gasteiger partial charge is 0.207 e. The fourth-order valence-electron chi connectivity index (χ4n) is 1.27. The molecule has 0 saturated carbocycles. The van der Waals surface area contributed by atoms with E-state index in [-0.39, 0.29) is 11.2 Å². The minimum atomic E-state index is -0.107. The van der Waals surface area contributed by atoms with Crippen LogP contribution in [0.5, 0.6) is 0 Å². The van der Waals surface area contributed by atoms with Crippen LogP contribution in [0.3, 0.4) is 0 Å². The summed E-state index contributed by atoms with van der Waals surface area (Å²) in [7, 11) is 0. The molecular formula is C11H14ClF. The molecule has 13 heavy (non-hydrogen) atoms. The highest BCUT2D eigenvalue weighted by molar-refractivity contribution is 6.20. The lowest BCUT2D eigenvalue weighted by atomic mass is 10.1. The maximum absolute atomic E-state index is 13.1. The van der Waals surface area contributed by atoms with Gasteiger partial charge in [-0.3, -0.25) is 0 Å². The Morgan fingerprint density at radius 1 is 1.38 bits per heavy atom. The Hall–Kier alpha value is -0.560. The van der Waals surface area contributed by atoms with E-state index in [0.717, 1.165) is 24.8 Å². The summed E-state index contributed by atoms with van der Waals surface area (Å²) < 4.78 is 13.1. The van der Waals surface area contributed by atoms with Crippen molar-refractivity contribution in [1.82, 2.24) is 0 Å². The minimum absolute atomic E-state index is 0.107. The molecule has 0 amide bonds. The van der Waals surface area contributed by atoms with Gasteiger partial charge in [0, 0.05) is 5.38 Å². The molecule has 1 rings (SSSR count). The van der Waals surface area contributed by atoms with Crippen LogP contribution in [0.25, 0.3) is 0 Å². The van der Waals surface area contributed by atoms with Crippen LogP contribution < -0.4 is 0 Å². The van der Waals surface area contributed by atoms with Crippen LogP contribution in [-0.4, -0.2) is 5.38 Å². The van der Waals surface area contributed by atoms with Gasteiger partial charge in [0.15, 0.2) is 0 Å². The second kappa shape index (κ2) is 5.23. The Morgan fingerprint density at radius 3 is 2.69 bits per heavy atom. The van der Waals surface area contributed by atoms with E-state index in [9.17, 15) is 4.39 Å². The number of benzene rings is 1. The summed E-state index contributed by atoms with van der Waals surface area (Å²) in [6.45, 7) is 1.96. The van der Waals surface area contributed by atoms with E-state index in [1.807, 2.05) is 19.1 Å². The molecule has 0 radical (unpaired) electrons. The second-order valence-corrected chi connectivity index (χ2v) is 4.01. The van der Waals surface area contributed by atoms with Crippen LogP contribution in [0.1, 0.15) is 25.3 Å². The molecule has 0 aliphatic carbocycles. The van der Waals surface area contributed by atoms with Gasteiger partial charge < -0.3 is 0 Å². The molecule has 0 heterocycles. The van der Waals surface area contributed by atoms with Crippen LogP contribution in [0.4, 0.5) is 4.39 Å². The van der Waals surface area contributed by atoms with E-state index in [2.05, 4.69) is 0 Å². The second-order valence-electron chi connectivity index (χ2n) is 3.26. The van der Waals surface area contributed by atoms with E-state index < -0.39 is 0 Å². The maximum atomic E-state index is 13.1. The van der Waals surface area contributed by atoms with Gasteiger partial charge in [0.25, 0.3) is 0 Å². The van der Waals surface area contributed by atoms with Crippen LogP contribution in [0.15, 0.2) is 24.3 Å². The monoisotopic (exact) mass is 200 g/mol. The lowest BCUT2D eigenvalue weighted by Gasteiger charge is -2.03. The van der Waals surface area contributed by atoms with Crippen molar-refractivity contribution in [2.45, 2.75) is 31.6 Å². The van der Waals surface area contributed by atoms with Crippen LogP contribution in [0.2, 0.25) is 0 Å². The van der Waals surface area contributed by atoms with Crippen molar-refractivity contribution in [3.05, 3.63) is 35.6 Å². The summed E-state index contributed by atoms with van der Waals surface area (Å²) in [4.78, 5) is 0. The van der Waals surface area contributed by atoms with E-state index in [1.54, 1.807) is 6.07 Å². The van der Waals surface area contributed by atoms with Crippen molar-refractivity contribution in [1.29, 1.82) is 0 Å². The highest BCUT2D eigenvalue weighted by Gasteiger charge is 2.01. The van der Waals surface area contributed by atoms with Crippen LogP contribution in [0, 0.1) is 5.82 Å². The summed E-state index contributed by atoms with van der Waals surface area (Å²) in [5.41, 5.74) is 0.791. The first-order valence-electron chi connectivity index (χ1n) is 4.57. The molecule has 1 aromatic rings. The van der Waals surface area contributed by atoms with Crippen molar-refractivity contribution in [3.63, 3.8) is 0 Å². The number of hydrogen-bond acceptors (Lipinski definition) is 0. The highest BCUT2D eigenvalue weighted by Crippen LogP contribution is 2.12. The van der Waals surface area contributed by atoms with Crippen molar-refractivity contribution in [3.8, 4) is 0 Å². The van der Waals surface area contributed by atoms with Gasteiger partial charge in [-0.05, 0) is 37.8 Å². The molecule has 0 fully saturated rings. The van der Waals surface area contributed by atoms with Gasteiger partial charge in [-0.1, -0.05) is 18.2 Å². The van der Waals surface area contributed by atoms with Gasteiger partial charge in [-0.2, -0.15) is 0 Å². The standard InChI is InChI=1S/C11H14ClF/c1-9(12)5-4-7-10-6-2-3-8-11(10)13/h2-3,6,8-9H,4-5,7H2,1H3. The van der Waals surface area contributed by atoms with Crippen molar-refractivity contribution < 1.29 is 4.39 Å². The predicted molar refractivity (Wildman–Crippen MR) is 54.7 cm³/mol. The van der Waals surface area contributed by atoms with E-state index in [4.69, 9.17) is 11.6 Å². The Balaban J connectivity index is 2.41. The molecule has 2 heteroatoms. The molecule has 1 atom stereocenters. The Bertz CT molecular complexity index is 258. The first-order valence-corrected chi connectivity index (χ1v) is 5.01. The van der Waals surface area contributed by atoms with Crippen molar-refractivity contribution >= 4 is 11.6 Å². The zero-order chi connectivity index (χ0) is 9.68. The van der Waals surface area contributed by atoms with Gasteiger partial charge in [-0.25, -0.2) is 4.39 Å². The molecule has 0 N–H and O–H groups in total. The molecule has 0 spiro atoms. The van der Waals surface area contributed by atoms with Gasteiger partial charge in [0.1, 0.15) is 5.82 Å². The third-order valence-corrected chi connectivity index (χ3v) is 2.22. The number of alkyl halides is 1. The maximum Gasteiger partial charge on any atom is 0.126 e. The highest BCUT2D eigenvalue weighted by atomic mass is 35.5. The molecule has 1 aromatic carbocycles. The molecule has 0 aliphatic heterocycles. The number of aryl methyl sites for hydroxylation is 1. The van der Waals surface area contributed by atoms with E-state index in [0.29, 0.717) is 0 Å². The van der Waals surface area contributed by atoms with E-state index >= 15 is 0 Å². The normalized spacial score (nSPS) is 12.8. The zero-order valence-corrected chi connectivity index (χ0v) is 8.52. The van der Waals surface area contributed by atoms with Crippen molar-refractivity contribution in [2.24, 2.45) is 0 Å². The predicted octanol–water partition coefficient (Wildman–Crippen LogP) is 3.78. The number of rotatable bonds is 4. The zero-order valence-electron chi connectivity index (χ0n) is 7.76. The first-order chi connectivity index (χ1) is 6.20. The molecule has 0 nitrogen and oxygen atoms in total. The molecule has 0 aliphatic rings. The summed E-state index contributed by atoms with van der Waals surface area (Å²) in [6.07, 6.45) is 2.67. The van der Waals surface area contributed by atoms with E-state index in [1.165, 1.54) is 6.07 Å².